The lowest BCUT2D eigenvalue weighted by molar-refractivity contribution is -0.111. The van der Waals surface area contributed by atoms with Gasteiger partial charge < -0.3 is 5.32 Å². The summed E-state index contributed by atoms with van der Waals surface area (Å²) in [7, 11) is 0. The molecule has 6 aromatic rings. The van der Waals surface area contributed by atoms with Crippen LogP contribution in [0, 0.1) is 6.92 Å². The first-order valence-electron chi connectivity index (χ1n) is 11.8. The van der Waals surface area contributed by atoms with E-state index in [-0.39, 0.29) is 11.5 Å². The maximum Gasteiger partial charge on any atom is 0.255 e. The molecule has 0 radical (unpaired) electrons. The Morgan fingerprint density at radius 2 is 1.70 bits per heavy atom. The molecule has 37 heavy (non-hydrogen) atoms. The lowest BCUT2D eigenvalue weighted by atomic mass is 9.99. The number of nitrogens with zero attached hydrogens (tertiary/aromatic N) is 3. The Hall–Kier alpha value is -5.10. The Labute approximate surface area is 212 Å². The highest BCUT2D eigenvalue weighted by atomic mass is 16.1. The van der Waals surface area contributed by atoms with E-state index in [4.69, 9.17) is 0 Å². The zero-order chi connectivity index (χ0) is 25.5. The summed E-state index contributed by atoms with van der Waals surface area (Å²) in [6.07, 6.45) is 6.65. The second-order valence-electron chi connectivity index (χ2n) is 8.93. The van der Waals surface area contributed by atoms with Gasteiger partial charge in [-0.25, -0.2) is 0 Å². The molecule has 3 heterocycles. The number of hydrogen-bond donors (Lipinski definition) is 1. The Morgan fingerprint density at radius 3 is 2.57 bits per heavy atom. The van der Waals surface area contributed by atoms with E-state index in [9.17, 15) is 9.59 Å². The van der Waals surface area contributed by atoms with Crippen molar-refractivity contribution in [1.29, 1.82) is 0 Å². The van der Waals surface area contributed by atoms with Gasteiger partial charge in [-0.05, 0) is 77.5 Å². The molecule has 0 fully saturated rings. The fourth-order valence-electron chi connectivity index (χ4n) is 4.68. The van der Waals surface area contributed by atoms with Crippen LogP contribution in [-0.4, -0.2) is 20.4 Å². The fraction of sp³-hybridized carbons (Fsp3) is 0.0323. The van der Waals surface area contributed by atoms with Crippen LogP contribution in [-0.2, 0) is 4.79 Å². The molecule has 1 amide bonds. The van der Waals surface area contributed by atoms with E-state index < -0.39 is 0 Å². The van der Waals surface area contributed by atoms with E-state index in [2.05, 4.69) is 46.1 Å². The van der Waals surface area contributed by atoms with Gasteiger partial charge in [-0.1, -0.05) is 30.8 Å². The van der Waals surface area contributed by atoms with Crippen LogP contribution >= 0.6 is 0 Å². The zero-order valence-corrected chi connectivity index (χ0v) is 20.1. The van der Waals surface area contributed by atoms with Gasteiger partial charge in [-0.15, -0.1) is 0 Å². The second kappa shape index (κ2) is 8.84. The standard InChI is InChI=1S/C31H22N4O2/c1-3-29(36)34-28-16-25(9-4-19(28)2)35-30(37)11-8-23-18-33-27-10-7-22(15-26(27)31(23)35)21-6-5-20-12-13-32-17-24(20)14-21/h3-18H,1H2,2H3,(H,34,36). The number of carbonyl (C=O) groups is 1. The SMILES string of the molecule is C=CC(=O)Nc1cc(-n2c(=O)ccc3cnc4ccc(-c5ccc6ccncc6c5)cc4c32)ccc1C. The smallest absolute Gasteiger partial charge is 0.255 e. The van der Waals surface area contributed by atoms with Crippen LogP contribution in [0.1, 0.15) is 5.56 Å². The van der Waals surface area contributed by atoms with Gasteiger partial charge in [-0.2, -0.15) is 0 Å². The minimum absolute atomic E-state index is 0.174. The van der Waals surface area contributed by atoms with Crippen LogP contribution in [0.4, 0.5) is 5.69 Å². The van der Waals surface area contributed by atoms with E-state index in [1.54, 1.807) is 23.0 Å². The van der Waals surface area contributed by atoms with Gasteiger partial charge in [-0.3, -0.25) is 24.1 Å². The summed E-state index contributed by atoms with van der Waals surface area (Å²) in [5.74, 6) is -0.310. The Morgan fingerprint density at radius 1 is 0.892 bits per heavy atom. The molecule has 178 valence electrons. The highest BCUT2D eigenvalue weighted by Crippen LogP contribution is 2.31. The van der Waals surface area contributed by atoms with Gasteiger partial charge in [0.25, 0.3) is 5.56 Å². The van der Waals surface area contributed by atoms with Crippen molar-refractivity contribution in [3.05, 3.63) is 120 Å². The van der Waals surface area contributed by atoms with Crippen molar-refractivity contribution in [2.45, 2.75) is 6.92 Å². The molecule has 0 bridgehead atoms. The molecule has 0 atom stereocenters. The number of amides is 1. The highest BCUT2D eigenvalue weighted by Gasteiger charge is 2.13. The van der Waals surface area contributed by atoms with Crippen LogP contribution < -0.4 is 10.9 Å². The van der Waals surface area contributed by atoms with Crippen LogP contribution in [0.15, 0.2) is 109 Å². The van der Waals surface area contributed by atoms with Crippen molar-refractivity contribution in [3.8, 4) is 16.8 Å². The van der Waals surface area contributed by atoms with Gasteiger partial charge in [0.05, 0.1) is 16.7 Å². The summed E-state index contributed by atoms with van der Waals surface area (Å²) in [5, 5.41) is 6.71. The van der Waals surface area contributed by atoms with E-state index in [0.29, 0.717) is 11.4 Å². The molecule has 6 nitrogen and oxygen atoms in total. The lowest BCUT2D eigenvalue weighted by Gasteiger charge is -2.15. The summed E-state index contributed by atoms with van der Waals surface area (Å²) >= 11 is 0. The fourth-order valence-corrected chi connectivity index (χ4v) is 4.68. The maximum absolute atomic E-state index is 13.3. The molecule has 0 saturated carbocycles. The van der Waals surface area contributed by atoms with E-state index in [0.717, 1.165) is 49.3 Å². The monoisotopic (exact) mass is 482 g/mol. The molecule has 3 aromatic heterocycles. The number of anilines is 1. The van der Waals surface area contributed by atoms with Crippen LogP contribution in [0.5, 0.6) is 0 Å². The molecule has 0 unspecified atom stereocenters. The van der Waals surface area contributed by atoms with Crippen molar-refractivity contribution in [2.75, 3.05) is 5.32 Å². The maximum atomic E-state index is 13.3. The van der Waals surface area contributed by atoms with Gasteiger partial charge >= 0.3 is 0 Å². The number of nitrogens with one attached hydrogen (secondary N) is 1. The topological polar surface area (TPSA) is 76.9 Å². The third-order valence-corrected chi connectivity index (χ3v) is 6.61. The van der Waals surface area contributed by atoms with Gasteiger partial charge in [0, 0.05) is 46.5 Å². The van der Waals surface area contributed by atoms with Crippen molar-refractivity contribution < 1.29 is 4.79 Å². The summed E-state index contributed by atoms with van der Waals surface area (Å²) in [6.45, 7) is 5.43. The number of pyridine rings is 3. The number of carbonyl (C=O) groups excluding carboxylic acids is 1. The first-order valence-corrected chi connectivity index (χ1v) is 11.8. The largest absolute Gasteiger partial charge is 0.322 e. The predicted molar refractivity (Wildman–Crippen MR) is 149 cm³/mol. The van der Waals surface area contributed by atoms with Crippen LogP contribution in [0.2, 0.25) is 0 Å². The lowest BCUT2D eigenvalue weighted by Crippen LogP contribution is -2.18. The van der Waals surface area contributed by atoms with Crippen LogP contribution in [0.3, 0.4) is 0 Å². The van der Waals surface area contributed by atoms with Gasteiger partial charge in [0.1, 0.15) is 0 Å². The molecule has 1 N–H and O–H groups in total. The average molecular weight is 483 g/mol. The number of fused-ring (bicyclic) bond motifs is 4. The molecular weight excluding hydrogens is 460 g/mol. The number of hydrogen-bond acceptors (Lipinski definition) is 4. The molecule has 0 saturated heterocycles. The highest BCUT2D eigenvalue weighted by molar-refractivity contribution is 6.06. The molecule has 0 aliphatic heterocycles. The minimum atomic E-state index is -0.310. The summed E-state index contributed by atoms with van der Waals surface area (Å²) in [4.78, 5) is 34.2. The molecule has 6 heteroatoms. The number of rotatable bonds is 4. The third-order valence-electron chi connectivity index (χ3n) is 6.61. The van der Waals surface area contributed by atoms with Gasteiger partial charge in [0.2, 0.25) is 5.91 Å². The summed E-state index contributed by atoms with van der Waals surface area (Å²) in [5.41, 5.74) is 5.58. The third kappa shape index (κ3) is 3.94. The molecule has 3 aromatic carbocycles. The molecule has 0 spiro atoms. The summed E-state index contributed by atoms with van der Waals surface area (Å²) < 4.78 is 1.68. The molecule has 6 rings (SSSR count). The van der Waals surface area contributed by atoms with E-state index in [1.165, 1.54) is 12.1 Å². The van der Waals surface area contributed by atoms with Gasteiger partial charge in [0.15, 0.2) is 0 Å². The Bertz CT molecular complexity index is 1940. The number of aryl methyl sites for hydroxylation is 1. The summed E-state index contributed by atoms with van der Waals surface area (Å²) in [6, 6.07) is 23.3. The van der Waals surface area contributed by atoms with Crippen molar-refractivity contribution in [2.24, 2.45) is 0 Å². The van der Waals surface area contributed by atoms with Crippen molar-refractivity contribution in [1.82, 2.24) is 14.5 Å². The second-order valence-corrected chi connectivity index (χ2v) is 8.93. The van der Waals surface area contributed by atoms with Crippen LogP contribution in [0.25, 0.3) is 49.4 Å². The van der Waals surface area contributed by atoms with Crippen molar-refractivity contribution in [3.63, 3.8) is 0 Å². The minimum Gasteiger partial charge on any atom is -0.322 e. The first kappa shape index (κ1) is 22.4. The predicted octanol–water partition coefficient (Wildman–Crippen LogP) is 6.19. The number of benzene rings is 3. The van der Waals surface area contributed by atoms with E-state index in [1.807, 2.05) is 49.5 Å². The average Bonchev–Trinajstić information content (AvgIpc) is 2.93. The Balaban J connectivity index is 1.60. The molecule has 0 aliphatic carbocycles. The Kier molecular flexibility index (Phi) is 5.34. The van der Waals surface area contributed by atoms with E-state index >= 15 is 0 Å². The van der Waals surface area contributed by atoms with Crippen molar-refractivity contribution >= 4 is 44.2 Å². The molecular formula is C31H22N4O2. The normalized spacial score (nSPS) is 11.2. The molecule has 0 aliphatic rings. The number of aromatic nitrogens is 3. The zero-order valence-electron chi connectivity index (χ0n) is 20.1. The quantitative estimate of drug-likeness (QED) is 0.240. The first-order chi connectivity index (χ1) is 18.0.